The lowest BCUT2D eigenvalue weighted by Gasteiger charge is -1.91. The van der Waals surface area contributed by atoms with E-state index in [0.29, 0.717) is 5.58 Å². The molecule has 0 saturated heterocycles. The Morgan fingerprint density at radius 2 is 1.77 bits per heavy atom. The summed E-state index contributed by atoms with van der Waals surface area (Å²) >= 11 is 0. The maximum absolute atomic E-state index is 10.7. The van der Waals surface area contributed by atoms with Gasteiger partial charge in [-0.1, -0.05) is 18.2 Å². The minimum Gasteiger partial charge on any atom is -0.423 e. The van der Waals surface area contributed by atoms with Crippen molar-refractivity contribution in [2.75, 3.05) is 0 Å². The number of hydrogen-bond acceptors (Lipinski definition) is 3. The summed E-state index contributed by atoms with van der Waals surface area (Å²) in [6, 6.07) is 10.6. The number of nitrogens with zero attached hydrogens (tertiary/aromatic N) is 1. The van der Waals surface area contributed by atoms with Crippen molar-refractivity contribution in [1.29, 1.82) is 5.26 Å². The second kappa shape index (κ2) is 4.07. The number of hydrogen-bond donors (Lipinski definition) is 0. The van der Waals surface area contributed by atoms with Crippen molar-refractivity contribution < 1.29 is 4.42 Å². The fourth-order valence-corrected chi connectivity index (χ4v) is 1.01. The molecule has 0 N–H and O–H groups in total. The summed E-state index contributed by atoms with van der Waals surface area (Å²) < 4.78 is 4.91. The average Bonchev–Trinajstić information content (AvgIpc) is 2.21. The molecule has 0 saturated carbocycles. The first-order valence-corrected chi connectivity index (χ1v) is 3.61. The van der Waals surface area contributed by atoms with Gasteiger partial charge in [0.2, 0.25) is 0 Å². The Kier molecular flexibility index (Phi) is 2.82. The second-order valence-corrected chi connectivity index (χ2v) is 2.29. The van der Waals surface area contributed by atoms with E-state index in [9.17, 15) is 4.79 Å². The molecule has 0 bridgehead atoms. The molecule has 1 aromatic carbocycles. The summed E-state index contributed by atoms with van der Waals surface area (Å²) in [5.74, 6) is 0. The number of fused-ring (bicyclic) bond motifs is 1. The molecule has 0 aliphatic heterocycles. The Morgan fingerprint density at radius 1 is 1.08 bits per heavy atom. The van der Waals surface area contributed by atoms with E-state index in [4.69, 9.17) is 9.68 Å². The normalized spacial score (nSPS) is 8.77. The summed E-state index contributed by atoms with van der Waals surface area (Å²) in [6.07, 6.45) is 0. The molecule has 0 amide bonds. The fraction of sp³-hybridized carbons (Fsp3) is 0. The Bertz CT molecular complexity index is 471. The molecule has 0 atom stereocenters. The SMILES string of the molecule is C#N.O=c1ccc2ccccc2o1. The van der Waals surface area contributed by atoms with E-state index < -0.39 is 0 Å². The smallest absolute Gasteiger partial charge is 0.336 e. The summed E-state index contributed by atoms with van der Waals surface area (Å²) in [5, 5.41) is 7.45. The molecule has 0 spiro atoms. The van der Waals surface area contributed by atoms with E-state index in [1.807, 2.05) is 18.2 Å². The van der Waals surface area contributed by atoms with Crippen LogP contribution in [-0.4, -0.2) is 0 Å². The van der Waals surface area contributed by atoms with Crippen LogP contribution in [0.4, 0.5) is 0 Å². The Balaban J connectivity index is 0.000000396. The van der Waals surface area contributed by atoms with Crippen LogP contribution < -0.4 is 5.63 Å². The number of para-hydroxylation sites is 1. The van der Waals surface area contributed by atoms with Gasteiger partial charge in [-0.3, -0.25) is 0 Å². The van der Waals surface area contributed by atoms with Crippen LogP contribution in [0.15, 0.2) is 45.6 Å². The van der Waals surface area contributed by atoms with E-state index in [0.717, 1.165) is 5.39 Å². The fourth-order valence-electron chi connectivity index (χ4n) is 1.01. The minimum absolute atomic E-state index is 0.302. The van der Waals surface area contributed by atoms with E-state index in [2.05, 4.69) is 6.57 Å². The zero-order valence-corrected chi connectivity index (χ0v) is 6.81. The van der Waals surface area contributed by atoms with Gasteiger partial charge < -0.3 is 4.42 Å². The molecular weight excluding hydrogens is 166 g/mol. The summed E-state index contributed by atoms with van der Waals surface area (Å²) in [4.78, 5) is 10.7. The maximum atomic E-state index is 10.7. The van der Waals surface area contributed by atoms with Crippen molar-refractivity contribution >= 4 is 11.0 Å². The zero-order valence-electron chi connectivity index (χ0n) is 6.81. The summed E-state index contributed by atoms with van der Waals surface area (Å²) in [5.41, 5.74) is 0.337. The van der Waals surface area contributed by atoms with Gasteiger partial charge in [0.05, 0.1) is 0 Å². The molecule has 64 valence electrons. The molecule has 3 heteroatoms. The van der Waals surface area contributed by atoms with Gasteiger partial charge in [-0.25, -0.2) is 10.1 Å². The summed E-state index contributed by atoms with van der Waals surface area (Å²) in [6.45, 7) is 3.50. The third-order valence-electron chi connectivity index (χ3n) is 1.53. The topological polar surface area (TPSA) is 54.0 Å². The van der Waals surface area contributed by atoms with Crippen molar-refractivity contribution in [2.45, 2.75) is 0 Å². The summed E-state index contributed by atoms with van der Waals surface area (Å²) in [7, 11) is 0. The number of rotatable bonds is 0. The highest BCUT2D eigenvalue weighted by Gasteiger charge is 1.92. The van der Waals surface area contributed by atoms with Crippen LogP contribution >= 0.6 is 0 Å². The molecule has 0 radical (unpaired) electrons. The van der Waals surface area contributed by atoms with Gasteiger partial charge in [-0.05, 0) is 12.1 Å². The first-order valence-electron chi connectivity index (χ1n) is 3.61. The van der Waals surface area contributed by atoms with Gasteiger partial charge in [0.25, 0.3) is 0 Å². The van der Waals surface area contributed by atoms with Crippen molar-refractivity contribution in [3.8, 4) is 6.57 Å². The Labute approximate surface area is 74.8 Å². The average molecular weight is 173 g/mol. The standard InChI is InChI=1S/C9H6O2.CHN/c10-9-6-5-7-3-1-2-4-8(7)11-9;1-2/h1-6H;1H. The molecule has 13 heavy (non-hydrogen) atoms. The number of benzene rings is 1. The zero-order chi connectivity index (χ0) is 9.68. The highest BCUT2D eigenvalue weighted by molar-refractivity contribution is 5.75. The van der Waals surface area contributed by atoms with Gasteiger partial charge in [-0.2, -0.15) is 0 Å². The van der Waals surface area contributed by atoms with E-state index in [1.165, 1.54) is 6.07 Å². The number of nitriles is 1. The predicted octanol–water partition coefficient (Wildman–Crippen LogP) is 1.93. The van der Waals surface area contributed by atoms with Crippen LogP contribution in [0.3, 0.4) is 0 Å². The molecule has 3 nitrogen and oxygen atoms in total. The molecule has 0 aliphatic carbocycles. The largest absolute Gasteiger partial charge is 0.423 e. The molecule has 2 rings (SSSR count). The quantitative estimate of drug-likeness (QED) is 0.572. The van der Waals surface area contributed by atoms with Crippen molar-refractivity contribution in [3.63, 3.8) is 0 Å². The highest BCUT2D eigenvalue weighted by atomic mass is 16.4. The van der Waals surface area contributed by atoms with Crippen molar-refractivity contribution in [3.05, 3.63) is 46.8 Å². The van der Waals surface area contributed by atoms with Crippen LogP contribution in [0.25, 0.3) is 11.0 Å². The lowest BCUT2D eigenvalue weighted by Crippen LogP contribution is -1.93. The molecule has 1 heterocycles. The van der Waals surface area contributed by atoms with Gasteiger partial charge in [0, 0.05) is 18.0 Å². The predicted molar refractivity (Wildman–Crippen MR) is 49.2 cm³/mol. The third kappa shape index (κ3) is 1.94. The molecule has 2 aromatic rings. The van der Waals surface area contributed by atoms with Crippen LogP contribution in [0.2, 0.25) is 0 Å². The molecular formula is C10H7NO2. The van der Waals surface area contributed by atoms with Gasteiger partial charge in [-0.15, -0.1) is 0 Å². The third-order valence-corrected chi connectivity index (χ3v) is 1.53. The molecule has 0 aliphatic rings. The van der Waals surface area contributed by atoms with E-state index >= 15 is 0 Å². The lowest BCUT2D eigenvalue weighted by atomic mass is 10.2. The van der Waals surface area contributed by atoms with Gasteiger partial charge in [0.1, 0.15) is 5.58 Å². The highest BCUT2D eigenvalue weighted by Crippen LogP contribution is 2.08. The van der Waals surface area contributed by atoms with E-state index in [-0.39, 0.29) is 5.63 Å². The van der Waals surface area contributed by atoms with Crippen molar-refractivity contribution in [1.82, 2.24) is 0 Å². The Hall–Kier alpha value is -2.08. The molecule has 0 unspecified atom stereocenters. The first-order chi connectivity index (χ1) is 6.36. The van der Waals surface area contributed by atoms with Crippen LogP contribution in [0, 0.1) is 11.8 Å². The van der Waals surface area contributed by atoms with Crippen molar-refractivity contribution in [2.24, 2.45) is 0 Å². The first kappa shape index (κ1) is 9.01. The second-order valence-electron chi connectivity index (χ2n) is 2.29. The lowest BCUT2D eigenvalue weighted by molar-refractivity contribution is 0.561. The van der Waals surface area contributed by atoms with E-state index in [1.54, 1.807) is 12.1 Å². The van der Waals surface area contributed by atoms with Crippen LogP contribution in [0.1, 0.15) is 0 Å². The minimum atomic E-state index is -0.302. The van der Waals surface area contributed by atoms with Gasteiger partial charge in [0.15, 0.2) is 0 Å². The van der Waals surface area contributed by atoms with Crippen LogP contribution in [-0.2, 0) is 0 Å². The van der Waals surface area contributed by atoms with Crippen LogP contribution in [0.5, 0.6) is 0 Å². The molecule has 0 fully saturated rings. The van der Waals surface area contributed by atoms with Gasteiger partial charge >= 0.3 is 5.63 Å². The Morgan fingerprint density at radius 3 is 2.54 bits per heavy atom. The molecule has 1 aromatic heterocycles. The monoisotopic (exact) mass is 173 g/mol. The maximum Gasteiger partial charge on any atom is 0.336 e.